The normalized spacial score (nSPS) is 24.9. The zero-order valence-corrected chi connectivity index (χ0v) is 19.8. The molecule has 1 saturated heterocycles. The molecule has 0 spiro atoms. The molecule has 13 heteroatoms. The third kappa shape index (κ3) is 4.76. The van der Waals surface area contributed by atoms with Gasteiger partial charge in [-0.25, -0.2) is 17.9 Å². The van der Waals surface area contributed by atoms with Gasteiger partial charge >= 0.3 is 0 Å². The number of hydrogen-bond donors (Lipinski definition) is 3. The lowest BCUT2D eigenvalue weighted by Crippen LogP contribution is -2.57. The first-order valence-electron chi connectivity index (χ1n) is 11.2. The van der Waals surface area contributed by atoms with E-state index in [2.05, 4.69) is 15.5 Å². The maximum absolute atomic E-state index is 14.3. The maximum Gasteiger partial charge on any atom is 0.195 e. The van der Waals surface area contributed by atoms with Gasteiger partial charge in [-0.15, -0.1) is 5.10 Å². The molecule has 196 valence electrons. The molecule has 0 radical (unpaired) electrons. The summed E-state index contributed by atoms with van der Waals surface area (Å²) < 4.78 is 59.5. The Bertz CT molecular complexity index is 1200. The Balaban J connectivity index is 1.65. The van der Waals surface area contributed by atoms with Crippen molar-refractivity contribution in [3.8, 4) is 11.3 Å². The van der Waals surface area contributed by atoms with Crippen molar-refractivity contribution in [3.63, 3.8) is 0 Å². The fourth-order valence-electron chi connectivity index (χ4n) is 4.21. The molecule has 3 aromatic rings. The average molecular weight is 512 g/mol. The zero-order valence-electron chi connectivity index (χ0n) is 19.8. The molecule has 1 fully saturated rings. The van der Waals surface area contributed by atoms with E-state index in [-0.39, 0.29) is 24.3 Å². The SMILES string of the molecule is CO[C@@H]1[C@@H](n2cc(-c3ccc(F)c(F)c3F)nn2)[C@@H](O)[C@@H](CO)O[C@@H]1Cc1cc(C(C)(C)CO)no1. The minimum Gasteiger partial charge on any atom is -0.395 e. The van der Waals surface area contributed by atoms with E-state index in [0.29, 0.717) is 11.5 Å². The predicted molar refractivity (Wildman–Crippen MR) is 117 cm³/mol. The number of aromatic nitrogens is 4. The predicted octanol–water partition coefficient (Wildman–Crippen LogP) is 1.54. The number of hydrogen-bond acceptors (Lipinski definition) is 9. The zero-order chi connectivity index (χ0) is 26.2. The largest absolute Gasteiger partial charge is 0.395 e. The lowest BCUT2D eigenvalue weighted by Gasteiger charge is -2.43. The van der Waals surface area contributed by atoms with Crippen LogP contribution in [0, 0.1) is 17.5 Å². The second-order valence-corrected chi connectivity index (χ2v) is 9.31. The average Bonchev–Trinajstić information content (AvgIpc) is 3.53. The van der Waals surface area contributed by atoms with E-state index in [1.807, 2.05) is 0 Å². The Morgan fingerprint density at radius 3 is 2.56 bits per heavy atom. The summed E-state index contributed by atoms with van der Waals surface area (Å²) in [5.41, 5.74) is -0.502. The summed E-state index contributed by atoms with van der Waals surface area (Å²) in [6.07, 6.45) is -2.51. The van der Waals surface area contributed by atoms with Gasteiger partial charge in [-0.05, 0) is 12.1 Å². The Hall–Kier alpha value is -2.84. The van der Waals surface area contributed by atoms with Crippen LogP contribution in [0.4, 0.5) is 13.2 Å². The van der Waals surface area contributed by atoms with Crippen molar-refractivity contribution in [2.45, 2.75) is 56.1 Å². The first-order chi connectivity index (χ1) is 17.1. The minimum absolute atomic E-state index is 0.0943. The van der Waals surface area contributed by atoms with Crippen LogP contribution in [0.2, 0.25) is 0 Å². The standard InChI is InChI=1S/C23H27F3N4O6/c1-23(2,10-32)17-7-11(36-28-17)6-15-22(34-3)20(21(33)16(9-31)35-15)30-8-14(27-29-30)12-4-5-13(24)19(26)18(12)25/h4-5,7-8,15-16,20-22,31-33H,6,9-10H2,1-3H3/t15-,16-,20+,21+,22+/m1/s1. The maximum atomic E-state index is 14.3. The highest BCUT2D eigenvalue weighted by Gasteiger charge is 2.47. The number of halogens is 3. The molecule has 1 aromatic carbocycles. The molecule has 1 aliphatic heterocycles. The summed E-state index contributed by atoms with van der Waals surface area (Å²) in [5, 5.41) is 42.2. The van der Waals surface area contributed by atoms with E-state index in [0.717, 1.165) is 12.1 Å². The van der Waals surface area contributed by atoms with E-state index in [1.54, 1.807) is 19.9 Å². The molecule has 10 nitrogen and oxygen atoms in total. The minimum atomic E-state index is -1.64. The molecular weight excluding hydrogens is 485 g/mol. The smallest absolute Gasteiger partial charge is 0.195 e. The fourth-order valence-corrected chi connectivity index (χ4v) is 4.21. The van der Waals surface area contributed by atoms with E-state index in [9.17, 15) is 28.5 Å². The lowest BCUT2D eigenvalue weighted by atomic mass is 9.88. The second kappa shape index (κ2) is 10.3. The van der Waals surface area contributed by atoms with Crippen LogP contribution in [0.15, 0.2) is 28.9 Å². The Morgan fingerprint density at radius 2 is 1.89 bits per heavy atom. The van der Waals surface area contributed by atoms with Gasteiger partial charge in [0.05, 0.1) is 31.2 Å². The van der Waals surface area contributed by atoms with Gasteiger partial charge in [0.2, 0.25) is 0 Å². The van der Waals surface area contributed by atoms with Crippen LogP contribution in [0.1, 0.15) is 31.3 Å². The highest BCUT2D eigenvalue weighted by molar-refractivity contribution is 5.58. The Kier molecular flexibility index (Phi) is 7.48. The van der Waals surface area contributed by atoms with Crippen LogP contribution in [0.3, 0.4) is 0 Å². The molecule has 2 aromatic heterocycles. The fraction of sp³-hybridized carbons (Fsp3) is 0.522. The molecule has 0 amide bonds. The van der Waals surface area contributed by atoms with Crippen molar-refractivity contribution in [1.29, 1.82) is 0 Å². The van der Waals surface area contributed by atoms with Gasteiger partial charge in [-0.3, -0.25) is 0 Å². The highest BCUT2D eigenvalue weighted by Crippen LogP contribution is 2.35. The van der Waals surface area contributed by atoms with Crippen LogP contribution in [-0.2, 0) is 21.3 Å². The van der Waals surface area contributed by atoms with Crippen LogP contribution in [0.25, 0.3) is 11.3 Å². The first-order valence-corrected chi connectivity index (χ1v) is 11.2. The van der Waals surface area contributed by atoms with Crippen LogP contribution in [0.5, 0.6) is 0 Å². The van der Waals surface area contributed by atoms with E-state index >= 15 is 0 Å². The van der Waals surface area contributed by atoms with Crippen LogP contribution < -0.4 is 0 Å². The topological polar surface area (TPSA) is 136 Å². The van der Waals surface area contributed by atoms with Crippen molar-refractivity contribution >= 4 is 0 Å². The summed E-state index contributed by atoms with van der Waals surface area (Å²) in [7, 11) is 1.40. The molecule has 3 heterocycles. The summed E-state index contributed by atoms with van der Waals surface area (Å²) in [5.74, 6) is -3.97. The van der Waals surface area contributed by atoms with Gasteiger partial charge in [0.15, 0.2) is 17.5 Å². The van der Waals surface area contributed by atoms with Gasteiger partial charge in [-0.1, -0.05) is 24.2 Å². The molecule has 0 aliphatic carbocycles. The van der Waals surface area contributed by atoms with Crippen molar-refractivity contribution < 1.29 is 42.5 Å². The number of nitrogens with zero attached hydrogens (tertiary/aromatic N) is 4. The monoisotopic (exact) mass is 512 g/mol. The summed E-state index contributed by atoms with van der Waals surface area (Å²) in [6, 6.07) is 2.54. The van der Waals surface area contributed by atoms with Gasteiger partial charge < -0.3 is 29.3 Å². The molecule has 36 heavy (non-hydrogen) atoms. The van der Waals surface area contributed by atoms with Gasteiger partial charge in [0.25, 0.3) is 0 Å². The molecule has 0 bridgehead atoms. The van der Waals surface area contributed by atoms with Crippen molar-refractivity contribution in [3.05, 3.63) is 53.3 Å². The van der Waals surface area contributed by atoms with Crippen molar-refractivity contribution in [2.75, 3.05) is 20.3 Å². The number of benzene rings is 1. The number of aliphatic hydroxyl groups is 3. The number of aliphatic hydroxyl groups excluding tert-OH is 3. The van der Waals surface area contributed by atoms with Crippen LogP contribution in [-0.4, -0.2) is 80.2 Å². The lowest BCUT2D eigenvalue weighted by molar-refractivity contribution is -0.212. The van der Waals surface area contributed by atoms with Gasteiger partial charge in [-0.2, -0.15) is 0 Å². The van der Waals surface area contributed by atoms with Crippen molar-refractivity contribution in [2.24, 2.45) is 0 Å². The number of rotatable bonds is 8. The number of methoxy groups -OCH3 is 1. The highest BCUT2D eigenvalue weighted by atomic mass is 19.2. The Labute approximate surface area is 204 Å². The molecule has 5 atom stereocenters. The van der Waals surface area contributed by atoms with Gasteiger partial charge in [0, 0.05) is 30.6 Å². The van der Waals surface area contributed by atoms with E-state index in [4.69, 9.17) is 14.0 Å². The molecule has 1 aliphatic rings. The quantitative estimate of drug-likeness (QED) is 0.384. The van der Waals surface area contributed by atoms with E-state index < -0.39 is 59.9 Å². The summed E-state index contributed by atoms with van der Waals surface area (Å²) in [6.45, 7) is 2.93. The third-order valence-corrected chi connectivity index (χ3v) is 6.41. The van der Waals surface area contributed by atoms with E-state index in [1.165, 1.54) is 18.0 Å². The molecular formula is C23H27F3N4O6. The van der Waals surface area contributed by atoms with Gasteiger partial charge in [0.1, 0.15) is 35.8 Å². The molecule has 3 N–H and O–H groups in total. The Morgan fingerprint density at radius 1 is 1.14 bits per heavy atom. The third-order valence-electron chi connectivity index (χ3n) is 6.41. The molecule has 0 unspecified atom stereocenters. The number of ether oxygens (including phenoxy) is 2. The molecule has 0 saturated carbocycles. The first kappa shape index (κ1) is 26.2. The van der Waals surface area contributed by atoms with Crippen molar-refractivity contribution in [1.82, 2.24) is 20.2 Å². The molecule has 4 rings (SSSR count). The van der Waals surface area contributed by atoms with Crippen LogP contribution >= 0.6 is 0 Å². The second-order valence-electron chi connectivity index (χ2n) is 9.31. The summed E-state index contributed by atoms with van der Waals surface area (Å²) >= 11 is 0. The summed E-state index contributed by atoms with van der Waals surface area (Å²) in [4.78, 5) is 0.